The first-order chi connectivity index (χ1) is 19.2. The second kappa shape index (κ2) is 10.5. The molecule has 3 heterocycles. The molecule has 8 nitrogen and oxygen atoms in total. The van der Waals surface area contributed by atoms with Gasteiger partial charge in [-0.3, -0.25) is 4.79 Å². The minimum absolute atomic E-state index is 0.0596. The van der Waals surface area contributed by atoms with Crippen molar-refractivity contribution in [3.8, 4) is 0 Å². The van der Waals surface area contributed by atoms with Crippen molar-refractivity contribution in [3.63, 3.8) is 0 Å². The Bertz CT molecular complexity index is 1120. The molecule has 0 spiro atoms. The van der Waals surface area contributed by atoms with E-state index >= 15 is 0 Å². The lowest BCUT2D eigenvalue weighted by atomic mass is 9.42. The van der Waals surface area contributed by atoms with Crippen LogP contribution in [0, 0.1) is 34.5 Å². The number of methoxy groups -OCH3 is 1. The van der Waals surface area contributed by atoms with Crippen molar-refractivity contribution in [3.05, 3.63) is 42.0 Å². The van der Waals surface area contributed by atoms with Gasteiger partial charge in [0.1, 0.15) is 18.3 Å². The molecule has 1 aromatic rings. The van der Waals surface area contributed by atoms with E-state index in [1.807, 2.05) is 30.3 Å². The maximum atomic E-state index is 13.3. The van der Waals surface area contributed by atoms with Gasteiger partial charge in [0.15, 0.2) is 12.6 Å². The molecule has 12 unspecified atom stereocenters. The third-order valence-electron chi connectivity index (χ3n) is 10.9. The zero-order valence-corrected chi connectivity index (χ0v) is 24.1. The maximum absolute atomic E-state index is 13.3. The molecule has 0 N–H and O–H groups in total. The summed E-state index contributed by atoms with van der Waals surface area (Å²) in [6.07, 6.45) is 4.57. The molecule has 40 heavy (non-hydrogen) atoms. The molecule has 1 aromatic carbocycles. The summed E-state index contributed by atoms with van der Waals surface area (Å²) in [7, 11) is 1.67. The van der Waals surface area contributed by atoms with Crippen LogP contribution in [0.5, 0.6) is 0 Å². The van der Waals surface area contributed by atoms with Crippen LogP contribution in [-0.4, -0.2) is 62.7 Å². The zero-order valence-electron chi connectivity index (χ0n) is 24.1. The predicted octanol–water partition coefficient (Wildman–Crippen LogP) is 4.75. The van der Waals surface area contributed by atoms with Crippen LogP contribution in [0.25, 0.3) is 6.08 Å². The Morgan fingerprint density at radius 2 is 1.80 bits per heavy atom. The van der Waals surface area contributed by atoms with E-state index in [1.165, 1.54) is 13.0 Å². The maximum Gasteiger partial charge on any atom is 0.331 e. The molecule has 0 amide bonds. The van der Waals surface area contributed by atoms with E-state index in [9.17, 15) is 9.59 Å². The van der Waals surface area contributed by atoms with Gasteiger partial charge in [0.05, 0.1) is 12.7 Å². The van der Waals surface area contributed by atoms with Crippen LogP contribution in [-0.2, 0) is 38.0 Å². The summed E-state index contributed by atoms with van der Waals surface area (Å²) < 4.78 is 37.5. The molecule has 5 aliphatic rings. The third-order valence-corrected chi connectivity index (χ3v) is 10.9. The SMILES string of the molecule is COC1OC2C(OC(=O)C=Cc3ccccc3)C(C)C(C)(C3CC4CCOC4O3)C3C(OC(C)=O)CCC1C23C. The van der Waals surface area contributed by atoms with Gasteiger partial charge in [-0.1, -0.05) is 51.1 Å². The van der Waals surface area contributed by atoms with Crippen molar-refractivity contribution < 1.29 is 38.0 Å². The average molecular weight is 555 g/mol. The topological polar surface area (TPSA) is 89.5 Å². The fraction of sp³-hybridized carbons (Fsp3) is 0.688. The number of esters is 2. The number of benzene rings is 1. The summed E-state index contributed by atoms with van der Waals surface area (Å²) in [6, 6.07) is 9.69. The highest BCUT2D eigenvalue weighted by Gasteiger charge is 2.75. The molecule has 0 aromatic heterocycles. The van der Waals surface area contributed by atoms with Crippen LogP contribution in [0.1, 0.15) is 58.9 Å². The lowest BCUT2D eigenvalue weighted by Crippen LogP contribution is -2.70. The standard InChI is InChI=1S/C32H42O8/c1-18-26(39-25(34)14-11-20-9-7-6-8-10-20)28-32(4)22(30(35-5)40-28)12-13-23(37-19(2)33)27(32)31(18,3)24-17-21-15-16-36-29(21)38-24/h6-11,14,18,21-24,26-30H,12-13,15-17H2,1-5H3. The summed E-state index contributed by atoms with van der Waals surface area (Å²) in [5.74, 6) is -0.530. The Hall–Kier alpha value is -2.26. The number of fused-ring (bicyclic) bond motifs is 1. The van der Waals surface area contributed by atoms with Crippen LogP contribution in [0.3, 0.4) is 0 Å². The van der Waals surface area contributed by atoms with Gasteiger partial charge in [0.25, 0.3) is 0 Å². The Labute approximate surface area is 236 Å². The predicted molar refractivity (Wildman–Crippen MR) is 146 cm³/mol. The fourth-order valence-electron chi connectivity index (χ4n) is 9.06. The Kier molecular flexibility index (Phi) is 7.35. The lowest BCUT2D eigenvalue weighted by Gasteiger charge is -2.64. The summed E-state index contributed by atoms with van der Waals surface area (Å²) in [4.78, 5) is 25.7. The first-order valence-corrected chi connectivity index (χ1v) is 14.7. The summed E-state index contributed by atoms with van der Waals surface area (Å²) in [5, 5.41) is 0. The van der Waals surface area contributed by atoms with Crippen LogP contribution >= 0.6 is 0 Å². The first kappa shape index (κ1) is 27.9. The zero-order chi connectivity index (χ0) is 28.2. The minimum Gasteiger partial charge on any atom is -0.462 e. The number of carbonyl (C=O) groups excluding carboxylic acids is 2. The van der Waals surface area contributed by atoms with Gasteiger partial charge in [-0.2, -0.15) is 0 Å². The van der Waals surface area contributed by atoms with Crippen molar-refractivity contribution in [2.24, 2.45) is 34.5 Å². The summed E-state index contributed by atoms with van der Waals surface area (Å²) in [6.45, 7) is 8.79. The molecule has 2 saturated carbocycles. The quantitative estimate of drug-likeness (QED) is 0.368. The molecule has 218 valence electrons. The van der Waals surface area contributed by atoms with Gasteiger partial charge in [0.2, 0.25) is 0 Å². The molecule has 0 radical (unpaired) electrons. The van der Waals surface area contributed by atoms with Gasteiger partial charge in [-0.15, -0.1) is 0 Å². The van der Waals surface area contributed by atoms with Crippen molar-refractivity contribution in [1.82, 2.24) is 0 Å². The van der Waals surface area contributed by atoms with E-state index in [-0.39, 0.29) is 42.2 Å². The molecule has 8 heteroatoms. The molecular formula is C32H42O8. The highest BCUT2D eigenvalue weighted by molar-refractivity contribution is 5.87. The van der Waals surface area contributed by atoms with Crippen LogP contribution < -0.4 is 0 Å². The van der Waals surface area contributed by atoms with Crippen molar-refractivity contribution in [1.29, 1.82) is 0 Å². The second-order valence-corrected chi connectivity index (χ2v) is 12.8. The Morgan fingerprint density at radius 3 is 2.50 bits per heavy atom. The van der Waals surface area contributed by atoms with E-state index in [1.54, 1.807) is 13.2 Å². The molecule has 12 atom stereocenters. The summed E-state index contributed by atoms with van der Waals surface area (Å²) in [5.41, 5.74) is -0.0410. The molecule has 0 bridgehead atoms. The van der Waals surface area contributed by atoms with Gasteiger partial charge in [0, 0.05) is 54.6 Å². The summed E-state index contributed by atoms with van der Waals surface area (Å²) >= 11 is 0. The van der Waals surface area contributed by atoms with E-state index in [4.69, 9.17) is 28.4 Å². The minimum atomic E-state index is -0.539. The Balaban J connectivity index is 1.39. The van der Waals surface area contributed by atoms with Crippen LogP contribution in [0.2, 0.25) is 0 Å². The molecule has 6 rings (SSSR count). The smallest absolute Gasteiger partial charge is 0.331 e. The third kappa shape index (κ3) is 4.34. The van der Waals surface area contributed by atoms with Crippen molar-refractivity contribution in [2.75, 3.05) is 13.7 Å². The highest BCUT2D eigenvalue weighted by atomic mass is 16.7. The molecular weight excluding hydrogens is 512 g/mol. The van der Waals surface area contributed by atoms with Gasteiger partial charge >= 0.3 is 11.9 Å². The van der Waals surface area contributed by atoms with E-state index in [0.29, 0.717) is 12.5 Å². The van der Waals surface area contributed by atoms with Gasteiger partial charge in [-0.25, -0.2) is 4.79 Å². The van der Waals surface area contributed by atoms with E-state index < -0.39 is 35.3 Å². The fourth-order valence-corrected chi connectivity index (χ4v) is 9.06. The number of rotatable bonds is 6. The Morgan fingerprint density at radius 1 is 1.02 bits per heavy atom. The number of hydrogen-bond acceptors (Lipinski definition) is 8. The molecule has 3 saturated heterocycles. The first-order valence-electron chi connectivity index (χ1n) is 14.7. The van der Waals surface area contributed by atoms with Gasteiger partial charge in [-0.05, 0) is 37.3 Å². The number of carbonyl (C=O) groups is 2. The van der Waals surface area contributed by atoms with Crippen molar-refractivity contribution in [2.45, 2.75) is 90.4 Å². The van der Waals surface area contributed by atoms with E-state index in [0.717, 1.165) is 31.2 Å². The van der Waals surface area contributed by atoms with E-state index in [2.05, 4.69) is 20.8 Å². The number of hydrogen-bond donors (Lipinski definition) is 0. The monoisotopic (exact) mass is 554 g/mol. The molecule has 2 aliphatic carbocycles. The molecule has 3 aliphatic heterocycles. The van der Waals surface area contributed by atoms with Crippen LogP contribution in [0.4, 0.5) is 0 Å². The second-order valence-electron chi connectivity index (χ2n) is 12.8. The van der Waals surface area contributed by atoms with Crippen molar-refractivity contribution >= 4 is 18.0 Å². The average Bonchev–Trinajstić information content (AvgIpc) is 3.62. The largest absolute Gasteiger partial charge is 0.462 e. The van der Waals surface area contributed by atoms with Gasteiger partial charge < -0.3 is 28.4 Å². The highest BCUT2D eigenvalue weighted by Crippen LogP contribution is 2.69. The van der Waals surface area contributed by atoms with Crippen LogP contribution in [0.15, 0.2) is 36.4 Å². The number of ether oxygens (including phenoxy) is 6. The lowest BCUT2D eigenvalue weighted by molar-refractivity contribution is -0.268. The normalized spacial score (nSPS) is 45.7. The molecule has 5 fully saturated rings.